The highest BCUT2D eigenvalue weighted by molar-refractivity contribution is 5.85. The average Bonchev–Trinajstić information content (AvgIpc) is 2.87. The summed E-state index contributed by atoms with van der Waals surface area (Å²) < 4.78 is 5.52. The first-order valence-electron chi connectivity index (χ1n) is 14.5. The predicted molar refractivity (Wildman–Crippen MR) is 174 cm³/mol. The molecule has 0 bridgehead atoms. The summed E-state index contributed by atoms with van der Waals surface area (Å²) in [7, 11) is 0. The maximum Gasteiger partial charge on any atom is 0.336 e. The van der Waals surface area contributed by atoms with E-state index in [-0.39, 0.29) is 16.8 Å². The van der Waals surface area contributed by atoms with Crippen LogP contribution in [0.15, 0.2) is 113 Å². The summed E-state index contributed by atoms with van der Waals surface area (Å²) in [5, 5.41) is 0. The molecule has 40 heavy (non-hydrogen) atoms. The molecule has 0 amide bonds. The van der Waals surface area contributed by atoms with Crippen molar-refractivity contribution >= 4 is 12.0 Å². The van der Waals surface area contributed by atoms with E-state index in [4.69, 9.17) is 4.74 Å². The fraction of sp³-hybridized carbons (Fsp3) is 0.395. The van der Waals surface area contributed by atoms with Gasteiger partial charge in [-0.05, 0) is 101 Å². The van der Waals surface area contributed by atoms with Crippen molar-refractivity contribution in [2.24, 2.45) is 10.8 Å². The zero-order valence-corrected chi connectivity index (χ0v) is 26.1. The van der Waals surface area contributed by atoms with Crippen LogP contribution in [0.3, 0.4) is 0 Å². The van der Waals surface area contributed by atoms with Crippen LogP contribution in [-0.2, 0) is 4.79 Å². The van der Waals surface area contributed by atoms with Gasteiger partial charge in [0.25, 0.3) is 0 Å². The minimum absolute atomic E-state index is 0.0696. The van der Waals surface area contributed by atoms with Crippen molar-refractivity contribution in [3.8, 4) is 5.75 Å². The summed E-state index contributed by atoms with van der Waals surface area (Å²) in [4.78, 5) is 12.4. The number of carbonyl (C=O) groups is 1. The topological polar surface area (TPSA) is 26.3 Å². The van der Waals surface area contributed by atoms with Crippen molar-refractivity contribution in [3.05, 3.63) is 119 Å². The lowest BCUT2D eigenvalue weighted by molar-refractivity contribution is -0.129. The zero-order chi connectivity index (χ0) is 29.8. The van der Waals surface area contributed by atoms with Crippen LogP contribution in [0.2, 0.25) is 0 Å². The molecule has 1 aromatic carbocycles. The molecule has 0 saturated carbocycles. The molecule has 214 valence electrons. The molecule has 0 spiro atoms. The molecule has 0 N–H and O–H groups in total. The van der Waals surface area contributed by atoms with Crippen LogP contribution in [-0.4, -0.2) is 5.97 Å². The maximum absolute atomic E-state index is 12.4. The largest absolute Gasteiger partial charge is 0.423 e. The molecular formula is C38H50O2. The normalized spacial score (nSPS) is 17.9. The van der Waals surface area contributed by atoms with Crippen molar-refractivity contribution in [2.75, 3.05) is 0 Å². The predicted octanol–water partition coefficient (Wildman–Crippen LogP) is 11.1. The Morgan fingerprint density at radius 2 is 1.75 bits per heavy atom. The fourth-order valence-electron chi connectivity index (χ4n) is 4.87. The summed E-state index contributed by atoms with van der Waals surface area (Å²) in [6, 6.07) is 7.58. The summed E-state index contributed by atoms with van der Waals surface area (Å²) >= 11 is 0. The highest BCUT2D eigenvalue weighted by atomic mass is 16.5. The van der Waals surface area contributed by atoms with Gasteiger partial charge in [-0.1, -0.05) is 104 Å². The van der Waals surface area contributed by atoms with Crippen molar-refractivity contribution < 1.29 is 9.53 Å². The van der Waals surface area contributed by atoms with Gasteiger partial charge in [-0.25, -0.2) is 4.79 Å². The Bertz CT molecular complexity index is 1230. The van der Waals surface area contributed by atoms with Crippen LogP contribution in [0.25, 0.3) is 6.08 Å². The Morgan fingerprint density at radius 3 is 2.38 bits per heavy atom. The molecule has 1 unspecified atom stereocenters. The molecule has 0 fully saturated rings. The second kappa shape index (κ2) is 15.4. The summed E-state index contributed by atoms with van der Waals surface area (Å²) in [5.41, 5.74) is 7.53. The molecule has 0 saturated heterocycles. The van der Waals surface area contributed by atoms with E-state index in [0.717, 1.165) is 24.0 Å². The van der Waals surface area contributed by atoms with Crippen molar-refractivity contribution in [1.82, 2.24) is 0 Å². The van der Waals surface area contributed by atoms with E-state index in [1.54, 1.807) is 0 Å². The lowest BCUT2D eigenvalue weighted by Crippen LogP contribution is -2.19. The second-order valence-corrected chi connectivity index (χ2v) is 12.3. The lowest BCUT2D eigenvalue weighted by Gasteiger charge is -2.32. The van der Waals surface area contributed by atoms with E-state index >= 15 is 0 Å². The average molecular weight is 539 g/mol. The fourth-order valence-corrected chi connectivity index (χ4v) is 4.87. The van der Waals surface area contributed by atoms with E-state index in [1.807, 2.05) is 49.4 Å². The monoisotopic (exact) mass is 538 g/mol. The van der Waals surface area contributed by atoms with Gasteiger partial charge in [-0.3, -0.25) is 0 Å². The van der Waals surface area contributed by atoms with Crippen molar-refractivity contribution in [2.45, 2.75) is 87.5 Å². The Hall–Kier alpha value is -3.39. The maximum atomic E-state index is 12.4. The molecule has 1 aromatic rings. The summed E-state index contributed by atoms with van der Waals surface area (Å²) in [5.74, 6) is 0.146. The number of benzene rings is 1. The smallest absolute Gasteiger partial charge is 0.336 e. The molecule has 2 rings (SSSR count). The van der Waals surface area contributed by atoms with Gasteiger partial charge in [-0.2, -0.15) is 0 Å². The van der Waals surface area contributed by atoms with E-state index in [0.29, 0.717) is 5.75 Å². The molecule has 0 radical (unpaired) electrons. The molecule has 2 heteroatoms. The van der Waals surface area contributed by atoms with Gasteiger partial charge in [0, 0.05) is 11.5 Å². The standard InChI is InChI=1S/C38H50O2/c1-10-38(9,26-12-14-29(2)3)27-24-33-19-21-34(22-20-33)40-36(39)28-31(5)16-11-15-30(4)18-23-35-32(6)17-13-25-37(35,7)8/h10-11,14-16,18-24,27-28H,1,12-13,17,25-26H2,2-9H3/b16-11+,23-18+,27-24+,30-15-,31-28+. The highest BCUT2D eigenvalue weighted by Gasteiger charge is 2.26. The number of allylic oxidation sites excluding steroid dienone is 13. The molecule has 0 aliphatic heterocycles. The first kappa shape index (κ1) is 32.8. The Balaban J connectivity index is 1.93. The van der Waals surface area contributed by atoms with Gasteiger partial charge < -0.3 is 4.74 Å². The van der Waals surface area contributed by atoms with Gasteiger partial charge in [-0.15, -0.1) is 6.58 Å². The quantitative estimate of drug-likeness (QED) is 0.0869. The zero-order valence-electron chi connectivity index (χ0n) is 26.1. The Labute approximate surface area is 244 Å². The molecule has 1 atom stereocenters. The van der Waals surface area contributed by atoms with Crippen molar-refractivity contribution in [3.63, 3.8) is 0 Å². The number of ether oxygens (including phenoxy) is 1. The van der Waals surface area contributed by atoms with Gasteiger partial charge in [0.1, 0.15) is 5.75 Å². The first-order chi connectivity index (χ1) is 18.8. The molecule has 1 aliphatic carbocycles. The number of esters is 1. The van der Waals surface area contributed by atoms with Crippen LogP contribution < -0.4 is 4.74 Å². The Morgan fingerprint density at radius 1 is 1.05 bits per heavy atom. The minimum atomic E-state index is -0.383. The van der Waals surface area contributed by atoms with E-state index in [2.05, 4.69) is 91.5 Å². The van der Waals surface area contributed by atoms with Crippen molar-refractivity contribution in [1.29, 1.82) is 0 Å². The number of rotatable bonds is 12. The minimum Gasteiger partial charge on any atom is -0.423 e. The first-order valence-corrected chi connectivity index (χ1v) is 14.5. The van der Waals surface area contributed by atoms with Gasteiger partial charge in [0.15, 0.2) is 0 Å². The van der Waals surface area contributed by atoms with Crippen LogP contribution in [0, 0.1) is 10.8 Å². The summed E-state index contributed by atoms with van der Waals surface area (Å²) in [6.07, 6.45) is 26.3. The second-order valence-electron chi connectivity index (χ2n) is 12.3. The number of carbonyl (C=O) groups excluding carboxylic acids is 1. The van der Waals surface area contributed by atoms with E-state index in [1.165, 1.54) is 47.6 Å². The van der Waals surface area contributed by atoms with Crippen LogP contribution in [0.1, 0.15) is 93.1 Å². The van der Waals surface area contributed by atoms with Crippen LogP contribution in [0.4, 0.5) is 0 Å². The highest BCUT2D eigenvalue weighted by Crippen LogP contribution is 2.40. The molecule has 1 aliphatic rings. The van der Waals surface area contributed by atoms with Gasteiger partial charge >= 0.3 is 5.97 Å². The van der Waals surface area contributed by atoms with Crippen LogP contribution in [0.5, 0.6) is 5.75 Å². The molecule has 0 heterocycles. The summed E-state index contributed by atoms with van der Waals surface area (Å²) in [6.45, 7) is 21.4. The van der Waals surface area contributed by atoms with E-state index < -0.39 is 0 Å². The molecular weight excluding hydrogens is 488 g/mol. The van der Waals surface area contributed by atoms with E-state index in [9.17, 15) is 4.79 Å². The Kier molecular flexibility index (Phi) is 12.6. The number of hydrogen-bond donors (Lipinski definition) is 0. The number of hydrogen-bond acceptors (Lipinski definition) is 2. The molecule has 0 aromatic heterocycles. The SMILES string of the molecule is C=CC(C)(/C=C/c1ccc(OC(=O)/C=C(C)/C=C/C=C(C)\C=C\C2=C(C)CCCC2(C)C)cc1)CCC=C(C)C. The van der Waals surface area contributed by atoms with Gasteiger partial charge in [0.05, 0.1) is 0 Å². The third-order valence-corrected chi connectivity index (χ3v) is 7.58. The van der Waals surface area contributed by atoms with Crippen LogP contribution >= 0.6 is 0 Å². The third kappa shape index (κ3) is 11.4. The molecule has 2 nitrogen and oxygen atoms in total. The lowest BCUT2D eigenvalue weighted by atomic mass is 9.72. The van der Waals surface area contributed by atoms with Gasteiger partial charge in [0.2, 0.25) is 0 Å². The third-order valence-electron chi connectivity index (χ3n) is 7.58.